The first-order valence-electron chi connectivity index (χ1n) is 7.11. The molecule has 20 heavy (non-hydrogen) atoms. The van der Waals surface area contributed by atoms with Gasteiger partial charge in [-0.05, 0) is 26.7 Å². The minimum absolute atomic E-state index is 0.696. The van der Waals surface area contributed by atoms with Crippen molar-refractivity contribution in [1.29, 1.82) is 0 Å². The molecule has 3 rings (SSSR count). The van der Waals surface area contributed by atoms with E-state index in [0.717, 1.165) is 36.0 Å². The van der Waals surface area contributed by atoms with Crippen LogP contribution in [0.15, 0.2) is 24.3 Å². The van der Waals surface area contributed by atoms with E-state index in [1.54, 1.807) is 0 Å². The van der Waals surface area contributed by atoms with E-state index >= 15 is 0 Å². The van der Waals surface area contributed by atoms with Crippen LogP contribution in [0.2, 0.25) is 0 Å². The van der Waals surface area contributed by atoms with E-state index in [1.807, 2.05) is 6.92 Å². The molecule has 4 nitrogen and oxygen atoms in total. The minimum Gasteiger partial charge on any atom is -0.394 e. The number of benzene rings is 1. The van der Waals surface area contributed by atoms with Gasteiger partial charge in [0, 0.05) is 18.7 Å². The molecule has 2 heterocycles. The maximum atomic E-state index is 6.34. The molecule has 0 unspecified atom stereocenters. The van der Waals surface area contributed by atoms with Gasteiger partial charge in [-0.1, -0.05) is 29.8 Å². The molecule has 2 N–H and O–H groups in total. The van der Waals surface area contributed by atoms with Gasteiger partial charge in [0.2, 0.25) is 0 Å². The van der Waals surface area contributed by atoms with Crippen molar-refractivity contribution >= 4 is 11.5 Å². The average molecular weight is 268 g/mol. The molecule has 0 amide bonds. The second-order valence-electron chi connectivity index (χ2n) is 5.42. The van der Waals surface area contributed by atoms with Gasteiger partial charge in [-0.3, -0.25) is 0 Å². The fourth-order valence-corrected chi connectivity index (χ4v) is 2.67. The van der Waals surface area contributed by atoms with Crippen molar-refractivity contribution in [3.05, 3.63) is 35.7 Å². The number of hydrogen-bond acceptors (Lipinski definition) is 4. The number of rotatable bonds is 2. The lowest BCUT2D eigenvalue weighted by Gasteiger charge is -2.20. The Kier molecular flexibility index (Phi) is 3.30. The predicted molar refractivity (Wildman–Crippen MR) is 82.8 cm³/mol. The maximum Gasteiger partial charge on any atom is 0.156 e. The van der Waals surface area contributed by atoms with Crippen LogP contribution in [0.25, 0.3) is 11.3 Å². The topological polar surface area (TPSA) is 55.0 Å². The van der Waals surface area contributed by atoms with Crippen molar-refractivity contribution in [2.45, 2.75) is 26.7 Å². The summed E-state index contributed by atoms with van der Waals surface area (Å²) in [5, 5.41) is 0. The third-order valence-corrected chi connectivity index (χ3v) is 3.77. The molecule has 0 bridgehead atoms. The van der Waals surface area contributed by atoms with Crippen LogP contribution < -0.4 is 10.6 Å². The summed E-state index contributed by atoms with van der Waals surface area (Å²) < 4.78 is 0. The smallest absolute Gasteiger partial charge is 0.156 e. The summed E-state index contributed by atoms with van der Waals surface area (Å²) in [5.74, 6) is 1.67. The number of nitrogens with two attached hydrogens (primary N) is 1. The van der Waals surface area contributed by atoms with Gasteiger partial charge in [0.15, 0.2) is 5.82 Å². The lowest BCUT2D eigenvalue weighted by Crippen LogP contribution is -2.21. The quantitative estimate of drug-likeness (QED) is 0.909. The SMILES string of the molecule is Cc1ccc(-c2nc(C)nc(N3CCCC3)c2N)cc1. The highest BCUT2D eigenvalue weighted by molar-refractivity contribution is 5.81. The third kappa shape index (κ3) is 2.33. The molecule has 1 aromatic heterocycles. The minimum atomic E-state index is 0.696. The van der Waals surface area contributed by atoms with E-state index in [1.165, 1.54) is 18.4 Å². The zero-order valence-electron chi connectivity index (χ0n) is 12.1. The predicted octanol–water partition coefficient (Wildman–Crippen LogP) is 2.94. The molecule has 0 aliphatic carbocycles. The highest BCUT2D eigenvalue weighted by atomic mass is 15.2. The number of anilines is 2. The first kappa shape index (κ1) is 12.9. The van der Waals surface area contributed by atoms with Crippen molar-refractivity contribution < 1.29 is 0 Å². The fourth-order valence-electron chi connectivity index (χ4n) is 2.67. The van der Waals surface area contributed by atoms with Gasteiger partial charge in [0.1, 0.15) is 11.5 Å². The Morgan fingerprint density at radius 1 is 1.00 bits per heavy atom. The zero-order valence-corrected chi connectivity index (χ0v) is 12.1. The molecule has 1 aliphatic rings. The number of hydrogen-bond donors (Lipinski definition) is 1. The monoisotopic (exact) mass is 268 g/mol. The molecule has 0 radical (unpaired) electrons. The summed E-state index contributed by atoms with van der Waals surface area (Å²) in [7, 11) is 0. The van der Waals surface area contributed by atoms with Crippen molar-refractivity contribution in [2.75, 3.05) is 23.7 Å². The lowest BCUT2D eigenvalue weighted by atomic mass is 10.1. The summed E-state index contributed by atoms with van der Waals surface area (Å²) in [6, 6.07) is 8.31. The molecular formula is C16H20N4. The molecule has 1 aromatic carbocycles. The first-order chi connectivity index (χ1) is 9.65. The Morgan fingerprint density at radius 3 is 2.30 bits per heavy atom. The normalized spacial score (nSPS) is 14.8. The Bertz CT molecular complexity index is 613. The van der Waals surface area contributed by atoms with E-state index < -0.39 is 0 Å². The summed E-state index contributed by atoms with van der Waals surface area (Å²) in [5.41, 5.74) is 10.2. The standard InChI is InChI=1S/C16H20N4/c1-11-5-7-13(8-6-11)15-14(17)16(19-12(2)18-15)20-9-3-4-10-20/h5-8H,3-4,9-10,17H2,1-2H3. The van der Waals surface area contributed by atoms with Crippen molar-refractivity contribution in [3.8, 4) is 11.3 Å². The molecule has 1 saturated heterocycles. The number of aromatic nitrogens is 2. The van der Waals surface area contributed by atoms with Crippen molar-refractivity contribution in [1.82, 2.24) is 9.97 Å². The Balaban J connectivity index is 2.08. The number of nitrogen functional groups attached to an aromatic ring is 1. The van der Waals surface area contributed by atoms with E-state index in [-0.39, 0.29) is 0 Å². The largest absolute Gasteiger partial charge is 0.394 e. The average Bonchev–Trinajstić information content (AvgIpc) is 2.96. The van der Waals surface area contributed by atoms with E-state index in [2.05, 4.69) is 46.1 Å². The molecule has 1 fully saturated rings. The molecule has 1 aliphatic heterocycles. The van der Waals surface area contributed by atoms with Gasteiger partial charge in [-0.2, -0.15) is 0 Å². The molecule has 2 aromatic rings. The van der Waals surface area contributed by atoms with Gasteiger partial charge in [0.05, 0.1) is 5.69 Å². The third-order valence-electron chi connectivity index (χ3n) is 3.77. The van der Waals surface area contributed by atoms with Crippen LogP contribution in [0.5, 0.6) is 0 Å². The van der Waals surface area contributed by atoms with E-state index in [9.17, 15) is 0 Å². The summed E-state index contributed by atoms with van der Waals surface area (Å²) in [6.45, 7) is 6.08. The van der Waals surface area contributed by atoms with Crippen LogP contribution in [0, 0.1) is 13.8 Å². The number of aryl methyl sites for hydroxylation is 2. The lowest BCUT2D eigenvalue weighted by molar-refractivity contribution is 0.915. The van der Waals surface area contributed by atoms with Crippen LogP contribution in [-0.4, -0.2) is 23.1 Å². The molecule has 104 valence electrons. The van der Waals surface area contributed by atoms with E-state index in [4.69, 9.17) is 5.73 Å². The summed E-state index contributed by atoms with van der Waals surface area (Å²) in [4.78, 5) is 11.4. The Morgan fingerprint density at radius 2 is 1.65 bits per heavy atom. The Labute approximate surface area is 119 Å². The molecular weight excluding hydrogens is 248 g/mol. The van der Waals surface area contributed by atoms with Gasteiger partial charge in [-0.15, -0.1) is 0 Å². The Hall–Kier alpha value is -2.10. The van der Waals surface area contributed by atoms with Crippen LogP contribution in [0.1, 0.15) is 24.2 Å². The molecule has 0 atom stereocenters. The maximum absolute atomic E-state index is 6.34. The fraction of sp³-hybridized carbons (Fsp3) is 0.375. The van der Waals surface area contributed by atoms with Crippen molar-refractivity contribution in [2.24, 2.45) is 0 Å². The summed E-state index contributed by atoms with van der Waals surface area (Å²) >= 11 is 0. The van der Waals surface area contributed by atoms with Crippen LogP contribution in [0.4, 0.5) is 11.5 Å². The molecule has 4 heteroatoms. The molecule has 0 spiro atoms. The van der Waals surface area contributed by atoms with Gasteiger partial charge in [-0.25, -0.2) is 9.97 Å². The van der Waals surface area contributed by atoms with Crippen molar-refractivity contribution in [3.63, 3.8) is 0 Å². The second kappa shape index (κ2) is 5.12. The van der Waals surface area contributed by atoms with Crippen LogP contribution >= 0.6 is 0 Å². The number of nitrogens with zero attached hydrogens (tertiary/aromatic N) is 3. The van der Waals surface area contributed by atoms with Gasteiger partial charge >= 0.3 is 0 Å². The van der Waals surface area contributed by atoms with Crippen LogP contribution in [-0.2, 0) is 0 Å². The second-order valence-corrected chi connectivity index (χ2v) is 5.42. The van der Waals surface area contributed by atoms with Gasteiger partial charge < -0.3 is 10.6 Å². The van der Waals surface area contributed by atoms with E-state index in [0.29, 0.717) is 5.69 Å². The highest BCUT2D eigenvalue weighted by Crippen LogP contribution is 2.32. The zero-order chi connectivity index (χ0) is 14.1. The first-order valence-corrected chi connectivity index (χ1v) is 7.11. The summed E-state index contributed by atoms with van der Waals surface area (Å²) in [6.07, 6.45) is 2.42. The van der Waals surface area contributed by atoms with Gasteiger partial charge in [0.25, 0.3) is 0 Å². The van der Waals surface area contributed by atoms with Crippen LogP contribution in [0.3, 0.4) is 0 Å². The molecule has 0 saturated carbocycles. The highest BCUT2D eigenvalue weighted by Gasteiger charge is 2.20.